The molecule has 0 amide bonds. The van der Waals surface area contributed by atoms with Crippen molar-refractivity contribution in [1.29, 1.82) is 0 Å². The normalized spacial score (nSPS) is 31.1. The van der Waals surface area contributed by atoms with Gasteiger partial charge in [-0.3, -0.25) is 0 Å². The second-order valence-corrected chi connectivity index (χ2v) is 9.39. The van der Waals surface area contributed by atoms with Crippen molar-refractivity contribution in [1.82, 2.24) is 0 Å². The van der Waals surface area contributed by atoms with Crippen LogP contribution in [0, 0.1) is 40.6 Å². The van der Waals surface area contributed by atoms with Crippen molar-refractivity contribution in [3.05, 3.63) is 35.1 Å². The van der Waals surface area contributed by atoms with Crippen molar-refractivity contribution in [3.8, 4) is 0 Å². The molecule has 2 saturated carbocycles. The lowest BCUT2D eigenvalue weighted by Gasteiger charge is -2.41. The van der Waals surface area contributed by atoms with Crippen LogP contribution in [-0.2, 0) is 0 Å². The minimum atomic E-state index is -1.35. The van der Waals surface area contributed by atoms with E-state index in [-0.39, 0.29) is 5.92 Å². The molecule has 0 unspecified atom stereocenters. The van der Waals surface area contributed by atoms with Crippen LogP contribution in [0.2, 0.25) is 0 Å². The van der Waals surface area contributed by atoms with E-state index in [1.807, 2.05) is 0 Å². The molecular formula is C22H31F3. The molecule has 25 heavy (non-hydrogen) atoms. The molecule has 0 aliphatic heterocycles. The molecular weight excluding hydrogens is 321 g/mol. The summed E-state index contributed by atoms with van der Waals surface area (Å²) in [7, 11) is 0. The van der Waals surface area contributed by atoms with Crippen molar-refractivity contribution >= 4 is 0 Å². The van der Waals surface area contributed by atoms with Crippen LogP contribution in [0.15, 0.2) is 12.1 Å². The maximum absolute atomic E-state index is 13.5. The van der Waals surface area contributed by atoms with Gasteiger partial charge in [0.25, 0.3) is 0 Å². The molecule has 1 aromatic carbocycles. The van der Waals surface area contributed by atoms with E-state index in [2.05, 4.69) is 20.8 Å². The zero-order valence-corrected chi connectivity index (χ0v) is 15.8. The van der Waals surface area contributed by atoms with Crippen LogP contribution >= 0.6 is 0 Å². The Morgan fingerprint density at radius 2 is 1.16 bits per heavy atom. The molecule has 0 spiro atoms. The lowest BCUT2D eigenvalue weighted by molar-refractivity contribution is 0.107. The second-order valence-electron chi connectivity index (χ2n) is 9.39. The van der Waals surface area contributed by atoms with E-state index in [1.54, 1.807) is 0 Å². The third-order valence-corrected chi connectivity index (χ3v) is 6.91. The van der Waals surface area contributed by atoms with Gasteiger partial charge in [-0.1, -0.05) is 20.8 Å². The Labute approximate surface area is 150 Å². The van der Waals surface area contributed by atoms with Gasteiger partial charge in [-0.05, 0) is 98.1 Å². The van der Waals surface area contributed by atoms with Crippen LogP contribution < -0.4 is 0 Å². The Kier molecular flexibility index (Phi) is 5.51. The molecule has 2 fully saturated rings. The van der Waals surface area contributed by atoms with E-state index in [4.69, 9.17) is 0 Å². The quantitative estimate of drug-likeness (QED) is 0.492. The predicted molar refractivity (Wildman–Crippen MR) is 95.9 cm³/mol. The molecule has 140 valence electrons. The zero-order valence-electron chi connectivity index (χ0n) is 15.8. The van der Waals surface area contributed by atoms with Crippen LogP contribution in [0.1, 0.15) is 83.6 Å². The fourth-order valence-electron chi connectivity index (χ4n) is 5.19. The molecule has 0 heterocycles. The van der Waals surface area contributed by atoms with Crippen LogP contribution in [-0.4, -0.2) is 0 Å². The van der Waals surface area contributed by atoms with Crippen LogP contribution in [0.25, 0.3) is 0 Å². The highest BCUT2D eigenvalue weighted by molar-refractivity contribution is 5.23. The van der Waals surface area contributed by atoms with Crippen molar-refractivity contribution in [2.75, 3.05) is 0 Å². The van der Waals surface area contributed by atoms with E-state index in [0.29, 0.717) is 11.0 Å². The number of halogens is 3. The summed E-state index contributed by atoms with van der Waals surface area (Å²) in [6.07, 6.45) is 9.54. The van der Waals surface area contributed by atoms with Gasteiger partial charge in [-0.2, -0.15) is 0 Å². The molecule has 0 saturated heterocycles. The van der Waals surface area contributed by atoms with Gasteiger partial charge in [0.2, 0.25) is 0 Å². The number of rotatable bonds is 2. The summed E-state index contributed by atoms with van der Waals surface area (Å²) in [4.78, 5) is 0. The molecule has 0 nitrogen and oxygen atoms in total. The van der Waals surface area contributed by atoms with Gasteiger partial charge in [-0.25, -0.2) is 13.2 Å². The van der Waals surface area contributed by atoms with Gasteiger partial charge in [0.1, 0.15) is 0 Å². The Morgan fingerprint density at radius 1 is 0.720 bits per heavy atom. The van der Waals surface area contributed by atoms with Gasteiger partial charge in [0.05, 0.1) is 0 Å². The third kappa shape index (κ3) is 4.23. The molecule has 0 atom stereocenters. The van der Waals surface area contributed by atoms with Crippen LogP contribution in [0.3, 0.4) is 0 Å². The number of hydrogen-bond acceptors (Lipinski definition) is 0. The Hall–Kier alpha value is -0.990. The molecule has 3 heteroatoms. The van der Waals surface area contributed by atoms with Gasteiger partial charge in [0, 0.05) is 0 Å². The Bertz CT molecular complexity index is 563. The maximum atomic E-state index is 13.5. The highest BCUT2D eigenvalue weighted by Gasteiger charge is 2.34. The molecule has 0 radical (unpaired) electrons. The van der Waals surface area contributed by atoms with E-state index < -0.39 is 17.5 Å². The van der Waals surface area contributed by atoms with E-state index >= 15 is 0 Å². The smallest absolute Gasteiger partial charge is 0.194 e. The van der Waals surface area contributed by atoms with Crippen LogP contribution in [0.5, 0.6) is 0 Å². The fourth-order valence-corrected chi connectivity index (χ4v) is 5.19. The van der Waals surface area contributed by atoms with Crippen molar-refractivity contribution in [3.63, 3.8) is 0 Å². The van der Waals surface area contributed by atoms with Crippen molar-refractivity contribution in [2.24, 2.45) is 23.2 Å². The molecule has 2 aliphatic rings. The van der Waals surface area contributed by atoms with Crippen molar-refractivity contribution < 1.29 is 13.2 Å². The van der Waals surface area contributed by atoms with Gasteiger partial charge in [0.15, 0.2) is 17.5 Å². The Balaban J connectivity index is 1.54. The topological polar surface area (TPSA) is 0 Å². The van der Waals surface area contributed by atoms with Crippen LogP contribution in [0.4, 0.5) is 13.2 Å². The standard InChI is InChI=1S/C22H31F3/c1-22(2,3)18-10-8-15(9-11-18)14-4-6-16(7-5-14)17-12-19(23)21(25)20(24)13-17/h12-16,18H,4-11H2,1-3H3. The minimum absolute atomic E-state index is 0.173. The summed E-state index contributed by atoms with van der Waals surface area (Å²) in [6, 6.07) is 2.38. The minimum Gasteiger partial charge on any atom is -0.204 e. The average molecular weight is 352 g/mol. The molecule has 1 aromatic rings. The van der Waals surface area contributed by atoms with E-state index in [9.17, 15) is 13.2 Å². The summed E-state index contributed by atoms with van der Waals surface area (Å²) < 4.78 is 40.1. The predicted octanol–water partition coefficient (Wildman–Crippen LogP) is 7.23. The summed E-state index contributed by atoms with van der Waals surface area (Å²) >= 11 is 0. The monoisotopic (exact) mass is 352 g/mol. The summed E-state index contributed by atoms with van der Waals surface area (Å²) in [5.41, 5.74) is 1.05. The SMILES string of the molecule is CC(C)(C)C1CCC(C2CCC(c3cc(F)c(F)c(F)c3)CC2)CC1. The first-order valence-electron chi connectivity index (χ1n) is 9.90. The first-order chi connectivity index (χ1) is 11.8. The van der Waals surface area contributed by atoms with Gasteiger partial charge < -0.3 is 0 Å². The van der Waals surface area contributed by atoms with Gasteiger partial charge >= 0.3 is 0 Å². The van der Waals surface area contributed by atoms with E-state index in [1.165, 1.54) is 37.8 Å². The third-order valence-electron chi connectivity index (χ3n) is 6.91. The molecule has 0 N–H and O–H groups in total. The first kappa shape index (κ1) is 18.8. The lowest BCUT2D eigenvalue weighted by atomic mass is 9.64. The largest absolute Gasteiger partial charge is 0.204 e. The van der Waals surface area contributed by atoms with Crippen molar-refractivity contribution in [2.45, 2.75) is 78.1 Å². The maximum Gasteiger partial charge on any atom is 0.194 e. The molecule has 3 rings (SSSR count). The Morgan fingerprint density at radius 3 is 1.60 bits per heavy atom. The first-order valence-corrected chi connectivity index (χ1v) is 9.90. The number of hydrogen-bond donors (Lipinski definition) is 0. The summed E-state index contributed by atoms with van der Waals surface area (Å²) in [5, 5.41) is 0. The zero-order chi connectivity index (χ0) is 18.2. The number of benzene rings is 1. The highest BCUT2D eigenvalue weighted by Crippen LogP contribution is 2.47. The average Bonchev–Trinajstić information content (AvgIpc) is 2.59. The summed E-state index contributed by atoms with van der Waals surface area (Å²) in [5.74, 6) is -0.881. The molecule has 0 bridgehead atoms. The summed E-state index contributed by atoms with van der Waals surface area (Å²) in [6.45, 7) is 7.05. The molecule has 2 aliphatic carbocycles. The fraction of sp³-hybridized carbons (Fsp3) is 0.727. The lowest BCUT2D eigenvalue weighted by Crippen LogP contribution is -2.30. The highest BCUT2D eigenvalue weighted by atomic mass is 19.2. The molecule has 0 aromatic heterocycles. The second kappa shape index (κ2) is 7.32. The van der Waals surface area contributed by atoms with Gasteiger partial charge in [-0.15, -0.1) is 0 Å². The van der Waals surface area contributed by atoms with E-state index in [0.717, 1.165) is 43.4 Å².